The molecule has 1 aromatic carbocycles. The van der Waals surface area contributed by atoms with Crippen molar-refractivity contribution in [2.45, 2.75) is 0 Å². The molecule has 0 aliphatic carbocycles. The second-order valence-corrected chi connectivity index (χ2v) is 5.84. The molecule has 2 heterocycles. The quantitative estimate of drug-likeness (QED) is 0.704. The van der Waals surface area contributed by atoms with Gasteiger partial charge < -0.3 is 5.32 Å². The lowest BCUT2D eigenvalue weighted by atomic mass is 10.2. The number of rotatable bonds is 2. The van der Waals surface area contributed by atoms with Crippen LogP contribution in [0.25, 0.3) is 10.9 Å². The SMILES string of the molecule is Cn1nc(C(=O)Nc2ncc(Br)nc2Br)c2ccccc21. The van der Waals surface area contributed by atoms with E-state index >= 15 is 0 Å². The molecule has 6 nitrogen and oxygen atoms in total. The molecule has 2 aromatic heterocycles. The molecule has 0 aliphatic rings. The number of halogens is 2. The van der Waals surface area contributed by atoms with Crippen molar-refractivity contribution in [1.29, 1.82) is 0 Å². The van der Waals surface area contributed by atoms with Gasteiger partial charge in [0.15, 0.2) is 11.5 Å². The molecule has 0 aliphatic heterocycles. The summed E-state index contributed by atoms with van der Waals surface area (Å²) in [5.41, 5.74) is 1.24. The van der Waals surface area contributed by atoms with E-state index in [1.807, 2.05) is 24.3 Å². The van der Waals surface area contributed by atoms with Gasteiger partial charge in [-0.1, -0.05) is 18.2 Å². The first-order valence-electron chi connectivity index (χ1n) is 5.97. The summed E-state index contributed by atoms with van der Waals surface area (Å²) < 4.78 is 2.70. The van der Waals surface area contributed by atoms with Gasteiger partial charge in [0.05, 0.1) is 11.7 Å². The summed E-state index contributed by atoms with van der Waals surface area (Å²) in [6.45, 7) is 0. The normalized spacial score (nSPS) is 10.8. The maximum Gasteiger partial charge on any atom is 0.278 e. The Bertz CT molecular complexity index is 846. The monoisotopic (exact) mass is 409 g/mol. The molecule has 0 fully saturated rings. The van der Waals surface area contributed by atoms with Crippen LogP contribution in [0.5, 0.6) is 0 Å². The number of carbonyl (C=O) groups excluding carboxylic acids is 1. The Kier molecular flexibility index (Phi) is 3.73. The number of hydrogen-bond donors (Lipinski definition) is 1. The van der Waals surface area contributed by atoms with Crippen LogP contribution in [0, 0.1) is 0 Å². The number of aromatic nitrogens is 4. The second kappa shape index (κ2) is 5.53. The average molecular weight is 411 g/mol. The highest BCUT2D eigenvalue weighted by Gasteiger charge is 2.17. The summed E-state index contributed by atoms with van der Waals surface area (Å²) in [5.74, 6) is 0.0158. The molecule has 0 spiro atoms. The van der Waals surface area contributed by atoms with Gasteiger partial charge in [0.1, 0.15) is 9.21 Å². The predicted molar refractivity (Wildman–Crippen MR) is 86.1 cm³/mol. The number of fused-ring (bicyclic) bond motifs is 1. The first-order chi connectivity index (χ1) is 10.1. The fraction of sp³-hybridized carbons (Fsp3) is 0.0769. The number of nitrogens with one attached hydrogen (secondary N) is 1. The highest BCUT2D eigenvalue weighted by molar-refractivity contribution is 9.11. The highest BCUT2D eigenvalue weighted by atomic mass is 79.9. The molecule has 1 N–H and O–H groups in total. The van der Waals surface area contributed by atoms with Crippen molar-refractivity contribution >= 4 is 54.5 Å². The van der Waals surface area contributed by atoms with Crippen LogP contribution in [0.3, 0.4) is 0 Å². The minimum atomic E-state index is -0.330. The van der Waals surface area contributed by atoms with E-state index in [9.17, 15) is 4.79 Å². The van der Waals surface area contributed by atoms with E-state index in [4.69, 9.17) is 0 Å². The standard InChI is InChI=1S/C13H9Br2N5O/c1-20-8-5-3-2-4-7(8)10(19-20)13(21)18-12-11(15)17-9(14)6-16-12/h2-6H,1H3,(H,16,18,21). The molecular formula is C13H9Br2N5O. The highest BCUT2D eigenvalue weighted by Crippen LogP contribution is 2.22. The van der Waals surface area contributed by atoms with Gasteiger partial charge in [-0.25, -0.2) is 9.97 Å². The van der Waals surface area contributed by atoms with Crippen LogP contribution in [0.4, 0.5) is 5.82 Å². The van der Waals surface area contributed by atoms with Gasteiger partial charge >= 0.3 is 0 Å². The zero-order chi connectivity index (χ0) is 15.0. The molecule has 0 atom stereocenters. The maximum atomic E-state index is 12.4. The number of hydrogen-bond acceptors (Lipinski definition) is 4. The molecule has 21 heavy (non-hydrogen) atoms. The van der Waals surface area contributed by atoms with E-state index in [-0.39, 0.29) is 5.91 Å². The van der Waals surface area contributed by atoms with E-state index in [2.05, 4.69) is 52.2 Å². The summed E-state index contributed by atoms with van der Waals surface area (Å²) in [5, 5.41) is 7.76. The van der Waals surface area contributed by atoms with Gasteiger partial charge in [-0.3, -0.25) is 9.48 Å². The molecule has 3 aromatic rings. The van der Waals surface area contributed by atoms with Gasteiger partial charge in [-0.05, 0) is 37.9 Å². The number of amides is 1. The molecule has 8 heteroatoms. The Balaban J connectivity index is 1.98. The van der Waals surface area contributed by atoms with Crippen LogP contribution in [0.1, 0.15) is 10.5 Å². The summed E-state index contributed by atoms with van der Waals surface area (Å²) >= 11 is 6.47. The smallest absolute Gasteiger partial charge is 0.278 e. The van der Waals surface area contributed by atoms with Crippen molar-refractivity contribution in [2.75, 3.05) is 5.32 Å². The molecule has 0 bridgehead atoms. The molecule has 1 amide bonds. The van der Waals surface area contributed by atoms with Gasteiger partial charge in [0, 0.05) is 12.4 Å². The van der Waals surface area contributed by atoms with E-state index in [0.29, 0.717) is 20.7 Å². The van der Waals surface area contributed by atoms with Gasteiger partial charge in [0.25, 0.3) is 5.91 Å². The van der Waals surface area contributed by atoms with Crippen molar-refractivity contribution < 1.29 is 4.79 Å². The molecule has 3 rings (SSSR count). The summed E-state index contributed by atoms with van der Waals surface area (Å²) in [7, 11) is 1.80. The number of carbonyl (C=O) groups is 1. The van der Waals surface area contributed by atoms with Crippen LogP contribution in [-0.2, 0) is 7.05 Å². The Labute approximate surface area is 136 Å². The first-order valence-corrected chi connectivity index (χ1v) is 7.56. The van der Waals surface area contributed by atoms with Crippen molar-refractivity contribution in [2.24, 2.45) is 7.05 Å². The lowest BCUT2D eigenvalue weighted by Gasteiger charge is -2.04. The third-order valence-corrected chi connectivity index (χ3v) is 3.84. The zero-order valence-electron chi connectivity index (χ0n) is 10.8. The molecule has 0 saturated carbocycles. The molecule has 106 valence electrons. The van der Waals surface area contributed by atoms with Crippen LogP contribution >= 0.6 is 31.9 Å². The van der Waals surface area contributed by atoms with Crippen LogP contribution < -0.4 is 5.32 Å². The van der Waals surface area contributed by atoms with E-state index in [0.717, 1.165) is 10.9 Å². The van der Waals surface area contributed by atoms with Crippen molar-refractivity contribution in [3.63, 3.8) is 0 Å². The maximum absolute atomic E-state index is 12.4. The largest absolute Gasteiger partial charge is 0.303 e. The average Bonchev–Trinajstić information content (AvgIpc) is 2.80. The number of benzene rings is 1. The van der Waals surface area contributed by atoms with Crippen molar-refractivity contribution in [3.8, 4) is 0 Å². The summed E-state index contributed by atoms with van der Waals surface area (Å²) in [4.78, 5) is 20.6. The van der Waals surface area contributed by atoms with Crippen LogP contribution in [0.2, 0.25) is 0 Å². The minimum absolute atomic E-state index is 0.330. The van der Waals surface area contributed by atoms with Crippen molar-refractivity contribution in [3.05, 3.63) is 45.4 Å². The Morgan fingerprint density at radius 1 is 1.29 bits per heavy atom. The molecule has 0 unspecified atom stereocenters. The third-order valence-electron chi connectivity index (χ3n) is 2.91. The van der Waals surface area contributed by atoms with Gasteiger partial charge in [-0.15, -0.1) is 0 Å². The lowest BCUT2D eigenvalue weighted by molar-refractivity contribution is 0.102. The van der Waals surface area contributed by atoms with E-state index in [1.54, 1.807) is 11.7 Å². The first kappa shape index (κ1) is 14.2. The molecule has 0 saturated heterocycles. The third kappa shape index (κ3) is 2.68. The number of nitrogens with zero attached hydrogens (tertiary/aromatic N) is 4. The Morgan fingerprint density at radius 3 is 2.81 bits per heavy atom. The fourth-order valence-electron chi connectivity index (χ4n) is 1.98. The van der Waals surface area contributed by atoms with Crippen molar-refractivity contribution in [1.82, 2.24) is 19.7 Å². The molecule has 0 radical (unpaired) electrons. The Morgan fingerprint density at radius 2 is 2.05 bits per heavy atom. The predicted octanol–water partition coefficient (Wildman–Crippen LogP) is 3.14. The topological polar surface area (TPSA) is 72.7 Å². The van der Waals surface area contributed by atoms with Crippen LogP contribution in [-0.4, -0.2) is 25.7 Å². The molecular weight excluding hydrogens is 402 g/mol. The summed E-state index contributed by atoms with van der Waals surface area (Å²) in [6.07, 6.45) is 1.51. The van der Waals surface area contributed by atoms with E-state index in [1.165, 1.54) is 6.20 Å². The number of anilines is 1. The van der Waals surface area contributed by atoms with E-state index < -0.39 is 0 Å². The number of aryl methyl sites for hydroxylation is 1. The number of para-hydroxylation sites is 1. The lowest BCUT2D eigenvalue weighted by Crippen LogP contribution is -2.15. The zero-order valence-corrected chi connectivity index (χ0v) is 14.0. The summed E-state index contributed by atoms with van der Waals surface area (Å²) in [6, 6.07) is 7.55. The Hall–Kier alpha value is -1.80. The van der Waals surface area contributed by atoms with Gasteiger partial charge in [-0.2, -0.15) is 5.10 Å². The van der Waals surface area contributed by atoms with Gasteiger partial charge in [0.2, 0.25) is 0 Å². The fourth-order valence-corrected chi connectivity index (χ4v) is 2.89. The van der Waals surface area contributed by atoms with Crippen LogP contribution in [0.15, 0.2) is 39.7 Å². The second-order valence-electron chi connectivity index (χ2n) is 4.28. The minimum Gasteiger partial charge on any atom is -0.303 e.